The number of hydrogen-bond donors (Lipinski definition) is 4. The fourth-order valence-electron chi connectivity index (χ4n) is 14.2. The average Bonchev–Trinajstić information content (AvgIpc) is 3.77. The third-order valence-corrected chi connectivity index (χ3v) is 17.6. The van der Waals surface area contributed by atoms with Crippen LogP contribution in [0.15, 0.2) is 48.6 Å². The second-order valence-electron chi connectivity index (χ2n) is 20.6. The Morgan fingerprint density at radius 3 is 1.48 bits per heavy atom. The fourth-order valence-corrected chi connectivity index (χ4v) is 14.2. The summed E-state index contributed by atoms with van der Waals surface area (Å²) >= 11 is 0. The van der Waals surface area contributed by atoms with Crippen molar-refractivity contribution in [1.29, 1.82) is 0 Å². The summed E-state index contributed by atoms with van der Waals surface area (Å²) in [7, 11) is 0. The molecule has 10 aliphatic rings. The fraction of sp³-hybridized carbons (Fsp3) is 0.640. The largest absolute Gasteiger partial charge is 0.482 e. The van der Waals surface area contributed by atoms with Crippen LogP contribution in [0, 0.1) is 11.8 Å². The Morgan fingerprint density at radius 1 is 0.645 bits per heavy atom. The predicted octanol–water partition coefficient (Wildman–Crippen LogP) is 4.72. The van der Waals surface area contributed by atoms with Crippen molar-refractivity contribution in [3.8, 4) is 23.0 Å². The Hall–Kier alpha value is -3.78. The number of carbonyl (C=O) groups excluding carboxylic acids is 2. The van der Waals surface area contributed by atoms with E-state index in [0.29, 0.717) is 73.4 Å². The standard InChI is InChI=1S/C50H60N2O10/c53-33-17-19-49(57)37-25-31-13-15-35(43-41(31)47(49,45(33)61-43)21-23-51(37)27-29-7-5-8-29)59-39(55)11-3-1-2-4-12-40(56)60-36-16-14-32-26-38-50(58)20-18-34(54)46-48(50,42(32)44(36)62-46)22-24-52(38)28-30-9-6-10-30/h13-20,29-30,33-34,37-38,45-46,53-54,57-58H,1-12,21-28H2. The van der Waals surface area contributed by atoms with Crippen molar-refractivity contribution in [2.24, 2.45) is 11.8 Å². The number of unbranched alkanes of at least 4 members (excludes halogenated alkanes) is 3. The van der Waals surface area contributed by atoms with Crippen LogP contribution in [0.25, 0.3) is 0 Å². The Balaban J connectivity index is 0.663. The summed E-state index contributed by atoms with van der Waals surface area (Å²) in [6, 6.07) is 7.44. The topological polar surface area (TPSA) is 158 Å². The number of hydrogen-bond acceptors (Lipinski definition) is 12. The Bertz CT molecular complexity index is 2100. The van der Waals surface area contributed by atoms with Crippen molar-refractivity contribution in [1.82, 2.24) is 9.80 Å². The molecule has 4 aliphatic heterocycles. The number of carbonyl (C=O) groups is 2. The lowest BCUT2D eigenvalue weighted by Crippen LogP contribution is -2.75. The number of ether oxygens (including phenoxy) is 4. The molecule has 4 heterocycles. The minimum absolute atomic E-state index is 0.108. The van der Waals surface area contributed by atoms with E-state index in [1.54, 1.807) is 12.2 Å². The van der Waals surface area contributed by atoms with Gasteiger partial charge in [-0.3, -0.25) is 19.4 Å². The van der Waals surface area contributed by atoms with E-state index in [1.165, 1.54) is 38.5 Å². The van der Waals surface area contributed by atoms with Gasteiger partial charge in [-0.2, -0.15) is 0 Å². The van der Waals surface area contributed by atoms with Gasteiger partial charge in [0.2, 0.25) is 0 Å². The third kappa shape index (κ3) is 5.46. The maximum atomic E-state index is 13.2. The summed E-state index contributed by atoms with van der Waals surface area (Å²) in [6.45, 7) is 3.61. The summed E-state index contributed by atoms with van der Waals surface area (Å²) < 4.78 is 25.0. The molecule has 6 aliphatic carbocycles. The zero-order chi connectivity index (χ0) is 42.2. The van der Waals surface area contributed by atoms with Crippen molar-refractivity contribution < 1.29 is 49.0 Å². The van der Waals surface area contributed by atoms with Crippen LogP contribution >= 0.6 is 0 Å². The summed E-state index contributed by atoms with van der Waals surface area (Å²) in [6.07, 6.45) is 17.1. The molecule has 2 aromatic carbocycles. The van der Waals surface area contributed by atoms with E-state index in [0.717, 1.165) is 61.3 Å². The van der Waals surface area contributed by atoms with E-state index in [2.05, 4.69) is 9.80 Å². The Morgan fingerprint density at radius 2 is 1.08 bits per heavy atom. The van der Waals surface area contributed by atoms with Crippen molar-refractivity contribution in [2.75, 3.05) is 26.2 Å². The summed E-state index contributed by atoms with van der Waals surface area (Å²) in [5.74, 6) is 2.23. The monoisotopic (exact) mass is 848 g/mol. The van der Waals surface area contributed by atoms with Gasteiger partial charge < -0.3 is 39.4 Å². The zero-order valence-corrected chi connectivity index (χ0v) is 35.5. The van der Waals surface area contributed by atoms with Crippen LogP contribution in [0.3, 0.4) is 0 Å². The Kier molecular flexibility index (Phi) is 9.22. The number of esters is 2. The molecule has 2 spiro atoms. The van der Waals surface area contributed by atoms with E-state index in [-0.39, 0.29) is 36.9 Å². The number of likely N-dealkylation sites (tertiary alicyclic amines) is 2. The van der Waals surface area contributed by atoms with E-state index in [4.69, 9.17) is 18.9 Å². The molecular weight excluding hydrogens is 789 g/mol. The van der Waals surface area contributed by atoms with Gasteiger partial charge in [-0.05, 0) is 112 Å². The quantitative estimate of drug-likeness (QED) is 0.0954. The summed E-state index contributed by atoms with van der Waals surface area (Å²) in [5.41, 5.74) is -0.0356. The number of piperidine rings is 2. The normalized spacial score (nSPS) is 38.0. The third-order valence-electron chi connectivity index (χ3n) is 17.6. The predicted molar refractivity (Wildman–Crippen MR) is 226 cm³/mol. The van der Waals surface area contributed by atoms with Crippen molar-refractivity contribution in [3.05, 3.63) is 70.8 Å². The van der Waals surface area contributed by atoms with Crippen molar-refractivity contribution in [2.45, 2.75) is 161 Å². The van der Waals surface area contributed by atoms with Crippen molar-refractivity contribution in [3.63, 3.8) is 0 Å². The first-order valence-corrected chi connectivity index (χ1v) is 23.8. The van der Waals surface area contributed by atoms with Gasteiger partial charge in [0, 0.05) is 49.1 Å². The number of nitrogens with zero attached hydrogens (tertiary/aromatic N) is 2. The van der Waals surface area contributed by atoms with E-state index < -0.39 is 46.4 Å². The number of benzene rings is 2. The minimum atomic E-state index is -1.19. The molecule has 2 saturated heterocycles. The van der Waals surface area contributed by atoms with Crippen LogP contribution in [0.2, 0.25) is 0 Å². The lowest BCUT2D eigenvalue weighted by atomic mass is 9.50. The van der Waals surface area contributed by atoms with Crippen LogP contribution in [0.4, 0.5) is 0 Å². The molecule has 330 valence electrons. The molecule has 12 rings (SSSR count). The van der Waals surface area contributed by atoms with Crippen LogP contribution in [0.5, 0.6) is 23.0 Å². The SMILES string of the molecule is O=C(CCCCCCC(=O)Oc1ccc2c3c1OC1C(O)C=CC4(O)C(C2)N(CC2CCC2)CCC314)Oc1ccc2c3c1OC1C(O)C=CC4(O)C(C2)N(CC2CCC2)CCC314. The van der Waals surface area contributed by atoms with Gasteiger partial charge in [0.05, 0.1) is 10.8 Å². The van der Waals surface area contributed by atoms with E-state index >= 15 is 0 Å². The molecule has 4 N–H and O–H groups in total. The minimum Gasteiger partial charge on any atom is -0.482 e. The van der Waals surface area contributed by atoms with Crippen LogP contribution in [-0.2, 0) is 33.3 Å². The molecule has 0 amide bonds. The molecular formula is C50H60N2O10. The number of aliphatic hydroxyl groups is 4. The van der Waals surface area contributed by atoms with Crippen LogP contribution < -0.4 is 18.9 Å². The molecule has 10 unspecified atom stereocenters. The Labute approximate surface area is 362 Å². The van der Waals surface area contributed by atoms with E-state index in [9.17, 15) is 30.0 Å². The lowest BCUT2D eigenvalue weighted by Gasteiger charge is -2.62. The molecule has 2 aromatic rings. The van der Waals surface area contributed by atoms with Gasteiger partial charge in [0.25, 0.3) is 0 Å². The molecule has 4 fully saturated rings. The summed E-state index contributed by atoms with van der Waals surface area (Å²) in [5, 5.41) is 47.6. The second-order valence-corrected chi connectivity index (χ2v) is 20.6. The van der Waals surface area contributed by atoms with Gasteiger partial charge in [0.15, 0.2) is 23.0 Å². The molecule has 0 radical (unpaired) electrons. The molecule has 12 heteroatoms. The second kappa shape index (κ2) is 14.4. The maximum Gasteiger partial charge on any atom is 0.311 e. The highest BCUT2D eigenvalue weighted by atomic mass is 16.6. The molecule has 10 atom stereocenters. The smallest absolute Gasteiger partial charge is 0.311 e. The average molecular weight is 849 g/mol. The van der Waals surface area contributed by atoms with Gasteiger partial charge in [-0.25, -0.2) is 0 Å². The van der Waals surface area contributed by atoms with Gasteiger partial charge in [0.1, 0.15) is 35.6 Å². The molecule has 62 heavy (non-hydrogen) atoms. The van der Waals surface area contributed by atoms with E-state index in [1.807, 2.05) is 36.4 Å². The van der Waals surface area contributed by atoms with Crippen LogP contribution in [0.1, 0.15) is 112 Å². The number of aliphatic hydroxyl groups excluding tert-OH is 2. The first-order chi connectivity index (χ1) is 30.0. The number of rotatable bonds is 13. The molecule has 0 aromatic heterocycles. The van der Waals surface area contributed by atoms with Crippen molar-refractivity contribution >= 4 is 11.9 Å². The first-order valence-electron chi connectivity index (χ1n) is 23.8. The first kappa shape index (κ1) is 39.8. The van der Waals surface area contributed by atoms with Crippen LogP contribution in [-0.4, -0.2) is 116 Å². The highest BCUT2D eigenvalue weighted by molar-refractivity contribution is 5.76. The van der Waals surface area contributed by atoms with Gasteiger partial charge >= 0.3 is 11.9 Å². The van der Waals surface area contributed by atoms with Gasteiger partial charge in [-0.15, -0.1) is 0 Å². The van der Waals surface area contributed by atoms with Gasteiger partial charge in [-0.1, -0.05) is 62.1 Å². The highest BCUT2D eigenvalue weighted by Gasteiger charge is 2.73. The molecule has 4 bridgehead atoms. The summed E-state index contributed by atoms with van der Waals surface area (Å²) in [4.78, 5) is 31.4. The maximum absolute atomic E-state index is 13.2. The molecule has 2 saturated carbocycles. The molecule has 12 nitrogen and oxygen atoms in total. The zero-order valence-electron chi connectivity index (χ0n) is 35.5. The lowest BCUT2D eigenvalue weighted by molar-refractivity contribution is -0.159. The highest BCUT2D eigenvalue weighted by Crippen LogP contribution is 2.66.